The fourth-order valence-corrected chi connectivity index (χ4v) is 9.61. The number of halogens is 2. The molecule has 6 aromatic carbocycles. The van der Waals surface area contributed by atoms with Crippen LogP contribution in [0, 0.1) is 11.6 Å². The van der Waals surface area contributed by atoms with Gasteiger partial charge in [-0.3, -0.25) is 38.7 Å². The summed E-state index contributed by atoms with van der Waals surface area (Å²) in [5, 5.41) is 22.2. The molecule has 4 atom stereocenters. The first-order valence-electron chi connectivity index (χ1n) is 24.7. The summed E-state index contributed by atoms with van der Waals surface area (Å²) in [5.74, 6) is -5.17. The van der Waals surface area contributed by atoms with Gasteiger partial charge in [0.2, 0.25) is 0 Å². The van der Waals surface area contributed by atoms with Gasteiger partial charge in [0.25, 0.3) is 23.6 Å². The molecule has 0 radical (unpaired) electrons. The van der Waals surface area contributed by atoms with Crippen molar-refractivity contribution in [3.63, 3.8) is 0 Å². The third-order valence-corrected chi connectivity index (χ3v) is 13.6. The smallest absolute Gasteiger partial charge is 0.251 e. The molecule has 2 aromatic heterocycles. The SMILES string of the molecule is COc1ccc(O)c(C(=O)c2ccc(C(=O)N[C@@H]3c4ccccc4C[C@H]3NC(=O)c3ccncc3)cc2)c1F.COc1ccc(OC)c(C(=O)c2ccc(C(=O)N[C@@H]3c4ccccc4C[C@H]3NC(=O)c3ccncc3)cc2)c1F. The number of ether oxygens (including phenoxy) is 3. The van der Waals surface area contributed by atoms with E-state index < -0.39 is 52.5 Å². The number of carbonyl (C=O) groups excluding carboxylic acids is 6. The molecule has 18 heteroatoms. The minimum absolute atomic E-state index is 0.0740. The Kier molecular flexibility index (Phi) is 16.2. The Hall–Kier alpha value is -10.1. The number of fused-ring (bicyclic) bond motifs is 2. The molecule has 0 aliphatic heterocycles. The third-order valence-electron chi connectivity index (χ3n) is 13.6. The van der Waals surface area contributed by atoms with Gasteiger partial charge in [0, 0.05) is 58.2 Å². The zero-order chi connectivity index (χ0) is 55.7. The van der Waals surface area contributed by atoms with Crippen LogP contribution < -0.4 is 35.5 Å². The molecule has 398 valence electrons. The lowest BCUT2D eigenvalue weighted by atomic mass is 9.99. The normalized spacial score (nSPS) is 15.7. The molecule has 4 amide bonds. The van der Waals surface area contributed by atoms with Gasteiger partial charge in [0.15, 0.2) is 34.7 Å². The average molecular weight is 1070 g/mol. The summed E-state index contributed by atoms with van der Waals surface area (Å²) >= 11 is 0. The number of nitrogens with zero attached hydrogens (tertiary/aromatic N) is 2. The predicted molar refractivity (Wildman–Crippen MR) is 286 cm³/mol. The number of nitrogens with one attached hydrogen (secondary N) is 4. The molecule has 2 aliphatic rings. The van der Waals surface area contributed by atoms with E-state index in [4.69, 9.17) is 14.2 Å². The fourth-order valence-electron chi connectivity index (χ4n) is 9.61. The molecule has 2 heterocycles. The van der Waals surface area contributed by atoms with Crippen molar-refractivity contribution in [2.45, 2.75) is 37.0 Å². The summed E-state index contributed by atoms with van der Waals surface area (Å²) in [4.78, 5) is 86.1. The van der Waals surface area contributed by atoms with Crippen molar-refractivity contribution in [2.24, 2.45) is 0 Å². The van der Waals surface area contributed by atoms with Gasteiger partial charge in [-0.25, -0.2) is 8.78 Å². The highest BCUT2D eigenvalue weighted by atomic mass is 19.1. The van der Waals surface area contributed by atoms with Gasteiger partial charge in [-0.05, 0) is 108 Å². The van der Waals surface area contributed by atoms with Crippen molar-refractivity contribution < 1.29 is 56.9 Å². The summed E-state index contributed by atoms with van der Waals surface area (Å²) in [6, 6.07) is 37.0. The van der Waals surface area contributed by atoms with Crippen LogP contribution in [0.1, 0.15) is 108 Å². The van der Waals surface area contributed by atoms with Gasteiger partial charge >= 0.3 is 0 Å². The van der Waals surface area contributed by atoms with Gasteiger partial charge in [-0.15, -0.1) is 0 Å². The van der Waals surface area contributed by atoms with Gasteiger partial charge in [0.1, 0.15) is 22.6 Å². The summed E-state index contributed by atoms with van der Waals surface area (Å²) < 4.78 is 44.7. The average Bonchev–Trinajstić information content (AvgIpc) is 4.12. The number of aromatic hydroxyl groups is 1. The maximum absolute atomic E-state index is 14.9. The van der Waals surface area contributed by atoms with E-state index in [2.05, 4.69) is 31.2 Å². The number of hydrogen-bond donors (Lipinski definition) is 5. The number of methoxy groups -OCH3 is 3. The molecule has 0 bridgehead atoms. The fraction of sp³-hybridized carbons (Fsp3) is 0.148. The number of pyridine rings is 2. The van der Waals surface area contributed by atoms with Crippen LogP contribution in [0.2, 0.25) is 0 Å². The van der Waals surface area contributed by atoms with Crippen LogP contribution in [0.5, 0.6) is 23.0 Å². The Bertz CT molecular complexity index is 3610. The number of phenolic OH excluding ortho intramolecular Hbond substituents is 1. The standard InChI is InChI=1S/C31H26FN3O5.C30H24FN3O5/c1-39-24-11-12-25(40-2)27(32)26(24)29(36)18-7-9-19(10-8-18)31(38)35-28-22-6-4-3-5-21(22)17-23(28)34-30(37)20-13-15-33-16-14-20;1-39-24-11-10-23(35)25(26(24)31)28(36)17-6-8-18(9-7-17)30(38)34-27-21-5-3-2-4-20(21)16-22(27)33-29(37)19-12-14-32-15-13-19/h3-16,23,28H,17H2,1-2H3,(H,34,37)(H,35,38);2-15,22,27,35H,16H2,1H3,(H,33,37)(H,34,38)/t23-,28-;22-,27-/m11/s1. The first kappa shape index (κ1) is 53.7. The summed E-state index contributed by atoms with van der Waals surface area (Å²) in [6.07, 6.45) is 7.27. The minimum Gasteiger partial charge on any atom is -0.507 e. The highest BCUT2D eigenvalue weighted by Gasteiger charge is 2.37. The van der Waals surface area contributed by atoms with E-state index in [0.29, 0.717) is 29.5 Å². The Balaban J connectivity index is 0.000000192. The number of ketones is 2. The molecule has 0 saturated heterocycles. The lowest BCUT2D eigenvalue weighted by Gasteiger charge is -2.23. The molecule has 0 unspecified atom stereocenters. The summed E-state index contributed by atoms with van der Waals surface area (Å²) in [6.45, 7) is 0. The Morgan fingerprint density at radius 1 is 0.430 bits per heavy atom. The Labute approximate surface area is 451 Å². The van der Waals surface area contributed by atoms with E-state index in [0.717, 1.165) is 22.3 Å². The number of phenols is 1. The second kappa shape index (κ2) is 23.8. The summed E-state index contributed by atoms with van der Waals surface area (Å²) in [7, 11) is 3.92. The number of amides is 4. The predicted octanol–water partition coefficient (Wildman–Crippen LogP) is 8.29. The number of benzene rings is 6. The lowest BCUT2D eigenvalue weighted by molar-refractivity contribution is 0.0887. The van der Waals surface area contributed by atoms with E-state index in [1.807, 2.05) is 48.5 Å². The van der Waals surface area contributed by atoms with Crippen LogP contribution in [0.15, 0.2) is 170 Å². The molecule has 79 heavy (non-hydrogen) atoms. The van der Waals surface area contributed by atoms with Crippen molar-refractivity contribution >= 4 is 35.2 Å². The molecule has 5 N–H and O–H groups in total. The van der Waals surface area contributed by atoms with E-state index in [-0.39, 0.29) is 69.3 Å². The maximum Gasteiger partial charge on any atom is 0.251 e. The summed E-state index contributed by atoms with van der Waals surface area (Å²) in [5.41, 5.74) is 4.88. The van der Waals surface area contributed by atoms with E-state index >= 15 is 0 Å². The third kappa shape index (κ3) is 11.5. The number of rotatable bonds is 15. The van der Waals surface area contributed by atoms with E-state index in [1.54, 1.807) is 36.7 Å². The second-order valence-corrected chi connectivity index (χ2v) is 18.3. The monoisotopic (exact) mass is 1060 g/mol. The van der Waals surface area contributed by atoms with Crippen molar-refractivity contribution in [1.29, 1.82) is 0 Å². The van der Waals surface area contributed by atoms with Gasteiger partial charge in [0.05, 0.1) is 45.5 Å². The van der Waals surface area contributed by atoms with Gasteiger partial charge < -0.3 is 40.6 Å². The lowest BCUT2D eigenvalue weighted by Crippen LogP contribution is -2.44. The first-order chi connectivity index (χ1) is 38.3. The molecule has 0 fully saturated rings. The molecule has 2 aliphatic carbocycles. The highest BCUT2D eigenvalue weighted by Crippen LogP contribution is 2.35. The van der Waals surface area contributed by atoms with Gasteiger partial charge in [-0.2, -0.15) is 0 Å². The van der Waals surface area contributed by atoms with Crippen molar-refractivity contribution in [2.75, 3.05) is 21.3 Å². The zero-order valence-electron chi connectivity index (χ0n) is 42.7. The minimum atomic E-state index is -0.968. The highest BCUT2D eigenvalue weighted by molar-refractivity contribution is 6.12. The molecule has 0 spiro atoms. The number of hydrogen-bond acceptors (Lipinski definition) is 12. The molecule has 16 nitrogen and oxygen atoms in total. The quantitative estimate of drug-likeness (QED) is 0.0612. The molecule has 8 aromatic rings. The van der Waals surface area contributed by atoms with Crippen LogP contribution in [0.4, 0.5) is 8.78 Å². The van der Waals surface area contributed by atoms with Crippen molar-refractivity contribution in [3.8, 4) is 23.0 Å². The van der Waals surface area contributed by atoms with Crippen LogP contribution in [0.3, 0.4) is 0 Å². The van der Waals surface area contributed by atoms with Crippen molar-refractivity contribution in [3.05, 3.63) is 249 Å². The topological polar surface area (TPSA) is 224 Å². The maximum atomic E-state index is 14.9. The number of carbonyl (C=O) groups is 6. The second-order valence-electron chi connectivity index (χ2n) is 18.3. The first-order valence-corrected chi connectivity index (χ1v) is 24.7. The molecular weight excluding hydrogens is 1010 g/mol. The molecular formula is C61H50F2N6O10. The zero-order valence-corrected chi connectivity index (χ0v) is 42.7. The van der Waals surface area contributed by atoms with Crippen LogP contribution >= 0.6 is 0 Å². The van der Waals surface area contributed by atoms with Crippen molar-refractivity contribution in [1.82, 2.24) is 31.2 Å². The molecule has 0 saturated carbocycles. The van der Waals surface area contributed by atoms with E-state index in [9.17, 15) is 42.7 Å². The van der Waals surface area contributed by atoms with Crippen LogP contribution in [-0.4, -0.2) is 83.7 Å². The Morgan fingerprint density at radius 3 is 1.20 bits per heavy atom. The molecule has 10 rings (SSSR count). The Morgan fingerprint density at radius 2 is 0.772 bits per heavy atom. The van der Waals surface area contributed by atoms with Crippen LogP contribution in [0.25, 0.3) is 0 Å². The number of aromatic nitrogens is 2. The van der Waals surface area contributed by atoms with E-state index in [1.165, 1.54) is 107 Å². The largest absolute Gasteiger partial charge is 0.507 e. The van der Waals surface area contributed by atoms with Gasteiger partial charge in [-0.1, -0.05) is 72.8 Å². The van der Waals surface area contributed by atoms with Crippen LogP contribution in [-0.2, 0) is 12.8 Å².